The van der Waals surface area contributed by atoms with Crippen molar-refractivity contribution in [2.45, 2.75) is 31.8 Å². The molecule has 0 atom stereocenters. The van der Waals surface area contributed by atoms with E-state index in [2.05, 4.69) is 29.4 Å². The number of aromatic nitrogens is 3. The number of benzene rings is 2. The lowest BCUT2D eigenvalue weighted by molar-refractivity contribution is -0.113. The van der Waals surface area contributed by atoms with Gasteiger partial charge >= 0.3 is 0 Å². The van der Waals surface area contributed by atoms with Crippen molar-refractivity contribution in [2.24, 2.45) is 0 Å². The highest BCUT2D eigenvalue weighted by molar-refractivity contribution is 7.99. The van der Waals surface area contributed by atoms with Gasteiger partial charge in [-0.3, -0.25) is 4.79 Å². The summed E-state index contributed by atoms with van der Waals surface area (Å²) in [7, 11) is 0. The summed E-state index contributed by atoms with van der Waals surface area (Å²) in [6.45, 7) is 6.77. The first-order valence-corrected chi connectivity index (χ1v) is 10.4. The van der Waals surface area contributed by atoms with E-state index in [-0.39, 0.29) is 11.7 Å². The fraction of sp³-hybridized carbons (Fsp3) is 0.286. The van der Waals surface area contributed by atoms with Crippen LogP contribution >= 0.6 is 11.8 Å². The first kappa shape index (κ1) is 20.7. The third-order valence-corrected chi connectivity index (χ3v) is 5.20. The predicted molar refractivity (Wildman–Crippen MR) is 117 cm³/mol. The molecule has 7 nitrogen and oxygen atoms in total. The number of ether oxygens (including phenoxy) is 1. The minimum atomic E-state index is -0.129. The molecule has 0 aliphatic rings. The van der Waals surface area contributed by atoms with Crippen LogP contribution in [0.25, 0.3) is 11.4 Å². The normalized spacial score (nSPS) is 10.9. The first-order valence-electron chi connectivity index (χ1n) is 9.44. The van der Waals surface area contributed by atoms with E-state index in [9.17, 15) is 4.79 Å². The van der Waals surface area contributed by atoms with Crippen molar-refractivity contribution in [1.29, 1.82) is 0 Å². The zero-order chi connectivity index (χ0) is 20.8. The number of anilines is 1. The topological polar surface area (TPSA) is 95.1 Å². The molecule has 0 radical (unpaired) electrons. The molecule has 0 unspecified atom stereocenters. The summed E-state index contributed by atoms with van der Waals surface area (Å²) in [5, 5.41) is 11.6. The van der Waals surface area contributed by atoms with E-state index in [0.717, 1.165) is 17.0 Å². The van der Waals surface area contributed by atoms with Gasteiger partial charge in [0.05, 0.1) is 12.4 Å². The Bertz CT molecular complexity index is 969. The second-order valence-electron chi connectivity index (χ2n) is 6.75. The smallest absolute Gasteiger partial charge is 0.234 e. The van der Waals surface area contributed by atoms with E-state index in [0.29, 0.717) is 23.5 Å². The summed E-state index contributed by atoms with van der Waals surface area (Å²) >= 11 is 1.23. The maximum Gasteiger partial charge on any atom is 0.234 e. The van der Waals surface area contributed by atoms with Gasteiger partial charge in [0.15, 0.2) is 5.82 Å². The van der Waals surface area contributed by atoms with Crippen LogP contribution < -0.4 is 15.9 Å². The summed E-state index contributed by atoms with van der Waals surface area (Å²) in [6.07, 6.45) is 0. The average Bonchev–Trinajstić information content (AvgIpc) is 3.08. The second kappa shape index (κ2) is 9.47. The maximum absolute atomic E-state index is 12.3. The Morgan fingerprint density at radius 2 is 1.97 bits per heavy atom. The number of nitrogens with zero attached hydrogens (tertiary/aromatic N) is 3. The molecule has 3 N–H and O–H groups in total. The SMILES string of the molecule is CCOc1cccc(-c2nnc(SCC(=O)Nc3ccc(C(C)C)cc3)n2N)c1. The van der Waals surface area contributed by atoms with Crippen LogP contribution in [0.15, 0.2) is 53.7 Å². The summed E-state index contributed by atoms with van der Waals surface area (Å²) in [4.78, 5) is 12.3. The number of nitrogens with two attached hydrogens (primary N) is 1. The molecule has 0 aliphatic carbocycles. The molecule has 0 spiro atoms. The van der Waals surface area contributed by atoms with Crippen LogP contribution in [0.3, 0.4) is 0 Å². The quantitative estimate of drug-likeness (QED) is 0.431. The van der Waals surface area contributed by atoms with Gasteiger partial charge in [-0.05, 0) is 42.7 Å². The molecule has 0 saturated heterocycles. The first-order chi connectivity index (χ1) is 14.0. The summed E-state index contributed by atoms with van der Waals surface area (Å²) in [6, 6.07) is 15.4. The number of carbonyl (C=O) groups is 1. The third kappa shape index (κ3) is 5.29. The van der Waals surface area contributed by atoms with E-state index in [1.54, 1.807) is 0 Å². The largest absolute Gasteiger partial charge is 0.494 e. The summed E-state index contributed by atoms with van der Waals surface area (Å²) < 4.78 is 6.90. The lowest BCUT2D eigenvalue weighted by atomic mass is 10.0. The average molecular weight is 412 g/mol. The molecule has 3 rings (SSSR count). The minimum Gasteiger partial charge on any atom is -0.494 e. The molecule has 1 amide bonds. The molecule has 1 aromatic heterocycles. The van der Waals surface area contributed by atoms with Crippen LogP contribution in [-0.4, -0.2) is 33.1 Å². The van der Waals surface area contributed by atoms with Gasteiger partial charge in [0.1, 0.15) is 5.75 Å². The van der Waals surface area contributed by atoms with E-state index < -0.39 is 0 Å². The number of rotatable bonds is 8. The molecule has 0 bridgehead atoms. The number of thioether (sulfide) groups is 1. The predicted octanol–water partition coefficient (Wildman–Crippen LogP) is 3.91. The lowest BCUT2D eigenvalue weighted by Crippen LogP contribution is -2.16. The van der Waals surface area contributed by atoms with Crippen LogP contribution in [0, 0.1) is 0 Å². The fourth-order valence-corrected chi connectivity index (χ4v) is 3.40. The van der Waals surface area contributed by atoms with Crippen LogP contribution in [0.1, 0.15) is 32.3 Å². The highest BCUT2D eigenvalue weighted by Gasteiger charge is 2.14. The summed E-state index contributed by atoms with van der Waals surface area (Å²) in [5.74, 6) is 7.90. The van der Waals surface area contributed by atoms with Crippen LogP contribution in [-0.2, 0) is 4.79 Å². The molecule has 2 aromatic carbocycles. The Labute approximate surface area is 174 Å². The molecular formula is C21H25N5O2S. The number of hydrogen-bond acceptors (Lipinski definition) is 6. The monoisotopic (exact) mass is 411 g/mol. The number of carbonyl (C=O) groups excluding carboxylic acids is 1. The van der Waals surface area contributed by atoms with Crippen molar-refractivity contribution < 1.29 is 9.53 Å². The van der Waals surface area contributed by atoms with Crippen molar-refractivity contribution in [3.05, 3.63) is 54.1 Å². The van der Waals surface area contributed by atoms with Crippen molar-refractivity contribution in [1.82, 2.24) is 14.9 Å². The molecule has 3 aromatic rings. The molecule has 0 aliphatic heterocycles. The Balaban J connectivity index is 1.61. The molecular weight excluding hydrogens is 386 g/mol. The van der Waals surface area contributed by atoms with Crippen molar-refractivity contribution in [3.8, 4) is 17.1 Å². The maximum atomic E-state index is 12.3. The molecule has 29 heavy (non-hydrogen) atoms. The van der Waals surface area contributed by atoms with Crippen molar-refractivity contribution >= 4 is 23.4 Å². The van der Waals surface area contributed by atoms with Crippen LogP contribution in [0.4, 0.5) is 5.69 Å². The van der Waals surface area contributed by atoms with Crippen molar-refractivity contribution in [2.75, 3.05) is 23.5 Å². The van der Waals surface area contributed by atoms with Gasteiger partial charge in [0.25, 0.3) is 0 Å². The molecule has 1 heterocycles. The standard InChI is InChI=1S/C21H25N5O2S/c1-4-28-18-7-5-6-16(12-18)20-24-25-21(26(20)22)29-13-19(27)23-17-10-8-15(9-11-17)14(2)3/h5-12,14H,4,13,22H2,1-3H3,(H,23,27). The van der Waals surface area contributed by atoms with E-state index in [1.165, 1.54) is 22.0 Å². The zero-order valence-electron chi connectivity index (χ0n) is 16.8. The molecule has 0 fully saturated rings. The zero-order valence-corrected chi connectivity index (χ0v) is 17.6. The van der Waals surface area contributed by atoms with Gasteiger partial charge in [0, 0.05) is 11.3 Å². The Morgan fingerprint density at radius 3 is 2.66 bits per heavy atom. The fourth-order valence-electron chi connectivity index (χ4n) is 2.74. The third-order valence-electron chi connectivity index (χ3n) is 4.26. The number of hydrogen-bond donors (Lipinski definition) is 2. The molecule has 8 heteroatoms. The van der Waals surface area contributed by atoms with E-state index >= 15 is 0 Å². The van der Waals surface area contributed by atoms with Gasteiger partial charge in [-0.15, -0.1) is 10.2 Å². The van der Waals surface area contributed by atoms with Gasteiger partial charge in [-0.2, -0.15) is 0 Å². The van der Waals surface area contributed by atoms with Gasteiger partial charge in [0.2, 0.25) is 11.1 Å². The molecule has 152 valence electrons. The molecule has 0 saturated carbocycles. The van der Waals surface area contributed by atoms with E-state index in [4.69, 9.17) is 10.6 Å². The van der Waals surface area contributed by atoms with Gasteiger partial charge in [-0.1, -0.05) is 49.9 Å². The number of nitrogens with one attached hydrogen (secondary N) is 1. The Morgan fingerprint density at radius 1 is 1.21 bits per heavy atom. The lowest BCUT2D eigenvalue weighted by Gasteiger charge is -2.08. The van der Waals surface area contributed by atoms with Crippen LogP contribution in [0.5, 0.6) is 5.75 Å². The van der Waals surface area contributed by atoms with Gasteiger partial charge < -0.3 is 15.9 Å². The summed E-state index contributed by atoms with van der Waals surface area (Å²) in [5.41, 5.74) is 2.80. The second-order valence-corrected chi connectivity index (χ2v) is 7.69. The minimum absolute atomic E-state index is 0.129. The number of nitrogen functional groups attached to an aromatic ring is 1. The van der Waals surface area contributed by atoms with Crippen molar-refractivity contribution in [3.63, 3.8) is 0 Å². The Hall–Kier alpha value is -3.00. The highest BCUT2D eigenvalue weighted by Crippen LogP contribution is 2.25. The Kier molecular flexibility index (Phi) is 6.77. The highest BCUT2D eigenvalue weighted by atomic mass is 32.2. The van der Waals surface area contributed by atoms with E-state index in [1.807, 2.05) is 55.5 Å². The van der Waals surface area contributed by atoms with Gasteiger partial charge in [-0.25, -0.2) is 4.68 Å². The number of amides is 1. The van der Waals surface area contributed by atoms with Crippen LogP contribution in [0.2, 0.25) is 0 Å².